The molecule has 0 unspecified atom stereocenters. The van der Waals surface area contributed by atoms with Crippen LogP contribution in [0, 0.1) is 13.8 Å². The first-order chi connectivity index (χ1) is 14.3. The molecule has 1 aromatic heterocycles. The lowest BCUT2D eigenvalue weighted by atomic mass is 10.1. The van der Waals surface area contributed by atoms with Gasteiger partial charge in [-0.1, -0.05) is 6.07 Å². The molecule has 3 aromatic rings. The Labute approximate surface area is 175 Å². The van der Waals surface area contributed by atoms with Gasteiger partial charge in [0.2, 0.25) is 0 Å². The van der Waals surface area contributed by atoms with Crippen molar-refractivity contribution in [2.45, 2.75) is 20.4 Å². The number of benzene rings is 2. The van der Waals surface area contributed by atoms with Gasteiger partial charge in [0.25, 0.3) is 5.91 Å². The summed E-state index contributed by atoms with van der Waals surface area (Å²) in [6.45, 7) is 4.03. The third kappa shape index (κ3) is 4.56. The number of carbonyl (C=O) groups excluding carboxylic acids is 2. The van der Waals surface area contributed by atoms with Gasteiger partial charge in [-0.2, -0.15) is 0 Å². The number of nitrogens with one attached hydrogen (secondary N) is 1. The SMILES string of the molecule is COC(=O)CN(Cc1cc(OC)cc(OC)c1)C(=O)c1cc2c(C)cc(C)cc2[nH]1. The number of fused-ring (bicyclic) bond motifs is 1. The highest BCUT2D eigenvalue weighted by Gasteiger charge is 2.22. The second-order valence-corrected chi connectivity index (χ2v) is 7.18. The van der Waals surface area contributed by atoms with E-state index in [1.54, 1.807) is 32.4 Å². The highest BCUT2D eigenvalue weighted by molar-refractivity contribution is 6.00. The number of aryl methyl sites for hydroxylation is 2. The third-order valence-electron chi connectivity index (χ3n) is 4.94. The van der Waals surface area contributed by atoms with Crippen molar-refractivity contribution in [3.63, 3.8) is 0 Å². The van der Waals surface area contributed by atoms with Crippen molar-refractivity contribution in [1.82, 2.24) is 9.88 Å². The Morgan fingerprint density at radius 3 is 2.20 bits per heavy atom. The number of rotatable bonds is 7. The first-order valence-corrected chi connectivity index (χ1v) is 9.52. The average Bonchev–Trinajstić information content (AvgIpc) is 3.16. The molecular formula is C23H26N2O5. The molecule has 158 valence electrons. The Hall–Kier alpha value is -3.48. The molecule has 3 rings (SSSR count). The van der Waals surface area contributed by atoms with E-state index in [0.717, 1.165) is 27.6 Å². The molecule has 0 saturated heterocycles. The molecule has 30 heavy (non-hydrogen) atoms. The molecule has 0 aliphatic rings. The maximum atomic E-state index is 13.3. The van der Waals surface area contributed by atoms with E-state index in [9.17, 15) is 9.59 Å². The number of carbonyl (C=O) groups is 2. The molecule has 1 amide bonds. The van der Waals surface area contributed by atoms with Crippen LogP contribution in [0.15, 0.2) is 36.4 Å². The average molecular weight is 410 g/mol. The van der Waals surface area contributed by atoms with E-state index in [-0.39, 0.29) is 19.0 Å². The highest BCUT2D eigenvalue weighted by Crippen LogP contribution is 2.25. The molecular weight excluding hydrogens is 384 g/mol. The molecule has 1 heterocycles. The van der Waals surface area contributed by atoms with Crippen molar-refractivity contribution < 1.29 is 23.8 Å². The predicted octanol–water partition coefficient (Wildman–Crippen LogP) is 3.62. The first-order valence-electron chi connectivity index (χ1n) is 9.52. The number of H-pyrrole nitrogens is 1. The van der Waals surface area contributed by atoms with E-state index >= 15 is 0 Å². The summed E-state index contributed by atoms with van der Waals surface area (Å²) in [4.78, 5) is 29.9. The summed E-state index contributed by atoms with van der Waals surface area (Å²) in [5.41, 5.74) is 4.26. The fourth-order valence-corrected chi connectivity index (χ4v) is 3.48. The Kier molecular flexibility index (Phi) is 6.30. The topological polar surface area (TPSA) is 80.9 Å². The minimum absolute atomic E-state index is 0.178. The first kappa shape index (κ1) is 21.2. The zero-order valence-corrected chi connectivity index (χ0v) is 17.9. The zero-order chi connectivity index (χ0) is 21.8. The fraction of sp³-hybridized carbons (Fsp3) is 0.304. The van der Waals surface area contributed by atoms with Crippen molar-refractivity contribution in [2.24, 2.45) is 0 Å². The highest BCUT2D eigenvalue weighted by atomic mass is 16.5. The predicted molar refractivity (Wildman–Crippen MR) is 114 cm³/mol. The van der Waals surface area contributed by atoms with Crippen molar-refractivity contribution in [3.05, 3.63) is 58.8 Å². The molecule has 0 aliphatic carbocycles. The normalized spacial score (nSPS) is 10.7. The Morgan fingerprint density at radius 1 is 0.933 bits per heavy atom. The second kappa shape index (κ2) is 8.90. The summed E-state index contributed by atoms with van der Waals surface area (Å²) in [5, 5.41) is 0.977. The molecule has 1 N–H and O–H groups in total. The van der Waals surface area contributed by atoms with Gasteiger partial charge in [0.1, 0.15) is 23.7 Å². The van der Waals surface area contributed by atoms with Gasteiger partial charge in [0.15, 0.2) is 0 Å². The van der Waals surface area contributed by atoms with E-state index in [0.29, 0.717) is 17.2 Å². The summed E-state index contributed by atoms with van der Waals surface area (Å²) in [7, 11) is 4.42. The number of amides is 1. The number of esters is 1. The van der Waals surface area contributed by atoms with Crippen molar-refractivity contribution >= 4 is 22.8 Å². The molecule has 2 aromatic carbocycles. The van der Waals surface area contributed by atoms with Gasteiger partial charge in [-0.05, 0) is 54.8 Å². The number of aromatic amines is 1. The van der Waals surface area contributed by atoms with E-state index in [2.05, 4.69) is 11.1 Å². The largest absolute Gasteiger partial charge is 0.497 e. The smallest absolute Gasteiger partial charge is 0.325 e. The zero-order valence-electron chi connectivity index (χ0n) is 17.9. The van der Waals surface area contributed by atoms with Gasteiger partial charge < -0.3 is 24.1 Å². The van der Waals surface area contributed by atoms with Crippen LogP contribution in [-0.2, 0) is 16.1 Å². The van der Waals surface area contributed by atoms with Crippen molar-refractivity contribution in [1.29, 1.82) is 0 Å². The number of ether oxygens (including phenoxy) is 3. The van der Waals surface area contributed by atoms with Crippen LogP contribution in [0.2, 0.25) is 0 Å². The Balaban J connectivity index is 1.96. The van der Waals surface area contributed by atoms with Gasteiger partial charge in [-0.3, -0.25) is 9.59 Å². The Morgan fingerprint density at radius 2 is 1.60 bits per heavy atom. The minimum Gasteiger partial charge on any atom is -0.497 e. The number of hydrogen-bond donors (Lipinski definition) is 1. The van der Waals surface area contributed by atoms with Crippen LogP contribution >= 0.6 is 0 Å². The fourth-order valence-electron chi connectivity index (χ4n) is 3.48. The molecule has 0 spiro atoms. The van der Waals surface area contributed by atoms with Crippen LogP contribution in [0.3, 0.4) is 0 Å². The van der Waals surface area contributed by atoms with E-state index in [4.69, 9.17) is 14.2 Å². The molecule has 0 fully saturated rings. The molecule has 0 aliphatic heterocycles. The van der Waals surface area contributed by atoms with Gasteiger partial charge >= 0.3 is 5.97 Å². The second-order valence-electron chi connectivity index (χ2n) is 7.18. The van der Waals surface area contributed by atoms with Gasteiger partial charge in [0, 0.05) is 23.5 Å². The molecule has 0 bridgehead atoms. The van der Waals surface area contributed by atoms with E-state index in [1.807, 2.05) is 26.0 Å². The lowest BCUT2D eigenvalue weighted by molar-refractivity contribution is -0.141. The van der Waals surface area contributed by atoms with Crippen molar-refractivity contribution in [3.8, 4) is 11.5 Å². The summed E-state index contributed by atoms with van der Waals surface area (Å²) >= 11 is 0. The molecule has 7 heteroatoms. The maximum Gasteiger partial charge on any atom is 0.325 e. The van der Waals surface area contributed by atoms with Crippen LogP contribution in [0.1, 0.15) is 27.2 Å². The van der Waals surface area contributed by atoms with Gasteiger partial charge in [-0.25, -0.2) is 0 Å². The molecule has 0 atom stereocenters. The lowest BCUT2D eigenvalue weighted by Crippen LogP contribution is -2.36. The van der Waals surface area contributed by atoms with Crippen molar-refractivity contribution in [2.75, 3.05) is 27.9 Å². The molecule has 0 saturated carbocycles. The van der Waals surface area contributed by atoms with Crippen LogP contribution in [0.4, 0.5) is 0 Å². The lowest BCUT2D eigenvalue weighted by Gasteiger charge is -2.21. The summed E-state index contributed by atoms with van der Waals surface area (Å²) in [6, 6.07) is 11.2. The Bertz CT molecular complexity index is 1060. The van der Waals surface area contributed by atoms with Gasteiger partial charge in [0.05, 0.1) is 21.3 Å². The van der Waals surface area contributed by atoms with Crippen LogP contribution < -0.4 is 9.47 Å². The number of hydrogen-bond acceptors (Lipinski definition) is 5. The number of methoxy groups -OCH3 is 3. The van der Waals surface area contributed by atoms with Crippen LogP contribution in [0.25, 0.3) is 10.9 Å². The standard InChI is InChI=1S/C23H26N2O5/c1-14-6-15(2)19-11-21(24-20(19)7-14)23(27)25(13-22(26)30-5)12-16-8-17(28-3)10-18(9-16)29-4/h6-11,24H,12-13H2,1-5H3. The minimum atomic E-state index is -0.499. The molecule has 0 radical (unpaired) electrons. The van der Waals surface area contributed by atoms with E-state index < -0.39 is 5.97 Å². The third-order valence-corrected chi connectivity index (χ3v) is 4.94. The van der Waals surface area contributed by atoms with Crippen LogP contribution in [-0.4, -0.2) is 49.6 Å². The monoisotopic (exact) mass is 410 g/mol. The number of nitrogens with zero attached hydrogens (tertiary/aromatic N) is 1. The van der Waals surface area contributed by atoms with E-state index in [1.165, 1.54) is 12.0 Å². The van der Waals surface area contributed by atoms with Gasteiger partial charge in [-0.15, -0.1) is 0 Å². The molecule has 7 nitrogen and oxygen atoms in total. The quantitative estimate of drug-likeness (QED) is 0.602. The summed E-state index contributed by atoms with van der Waals surface area (Å²) in [5.74, 6) is 0.412. The van der Waals surface area contributed by atoms with Crippen LogP contribution in [0.5, 0.6) is 11.5 Å². The maximum absolute atomic E-state index is 13.3. The number of aromatic nitrogens is 1. The summed E-state index contributed by atoms with van der Waals surface area (Å²) in [6.07, 6.45) is 0. The summed E-state index contributed by atoms with van der Waals surface area (Å²) < 4.78 is 15.4.